The Morgan fingerprint density at radius 2 is 1.90 bits per heavy atom. The lowest BCUT2D eigenvalue weighted by atomic mass is 9.42. The van der Waals surface area contributed by atoms with Gasteiger partial charge in [-0.2, -0.15) is 0 Å². The maximum Gasteiger partial charge on any atom is 0.331 e. The summed E-state index contributed by atoms with van der Waals surface area (Å²) in [6, 6.07) is 0. The Morgan fingerprint density at radius 1 is 1.21 bits per heavy atom. The lowest BCUT2D eigenvalue weighted by molar-refractivity contribution is -0.259. The largest absolute Gasteiger partial charge is 0.465 e. The number of cyclic esters (lactones) is 1. The minimum absolute atomic E-state index is 0.0171. The number of aliphatic hydroxyl groups excluding tert-OH is 1. The van der Waals surface area contributed by atoms with Gasteiger partial charge in [0, 0.05) is 31.4 Å². The van der Waals surface area contributed by atoms with E-state index in [0.29, 0.717) is 37.9 Å². The van der Waals surface area contributed by atoms with Crippen molar-refractivity contribution in [2.45, 2.75) is 97.6 Å². The van der Waals surface area contributed by atoms with E-state index in [9.17, 15) is 24.3 Å². The molecule has 1 N–H and O–H groups in total. The Kier molecular flexibility index (Phi) is 8.21. The zero-order chi connectivity index (χ0) is 28.8. The van der Waals surface area contributed by atoms with Crippen LogP contribution in [-0.2, 0) is 42.9 Å². The van der Waals surface area contributed by atoms with Crippen LogP contribution < -0.4 is 0 Å². The molecule has 1 unspecified atom stereocenters. The number of rotatable bonds is 9. The van der Waals surface area contributed by atoms with Crippen molar-refractivity contribution in [3.63, 3.8) is 0 Å². The SMILES string of the molecule is CC[C@H](C)C(=O)O[C@@H]1CCC2(CO2)[C@]2(COC(C)=O)[C@@H](OC(C)=O)C[C@@H](C)[C@](C)(C[C@H](O)C3=CC(=O)OC3)[C@@H]12. The van der Waals surface area contributed by atoms with Gasteiger partial charge in [-0.1, -0.05) is 27.7 Å². The van der Waals surface area contributed by atoms with Gasteiger partial charge < -0.3 is 28.8 Å². The van der Waals surface area contributed by atoms with Crippen molar-refractivity contribution in [3.8, 4) is 0 Å². The molecule has 1 spiro atoms. The monoisotopic (exact) mass is 550 g/mol. The third-order valence-corrected chi connectivity index (χ3v) is 9.93. The molecule has 2 saturated carbocycles. The molecule has 3 fully saturated rings. The van der Waals surface area contributed by atoms with E-state index in [1.54, 1.807) is 0 Å². The highest BCUT2D eigenvalue weighted by molar-refractivity contribution is 5.85. The minimum Gasteiger partial charge on any atom is -0.465 e. The number of aliphatic hydroxyl groups is 1. The molecule has 39 heavy (non-hydrogen) atoms. The highest BCUT2D eigenvalue weighted by atomic mass is 16.6. The van der Waals surface area contributed by atoms with E-state index in [1.807, 2.05) is 27.7 Å². The number of hydrogen-bond donors (Lipinski definition) is 1. The Balaban J connectivity index is 1.85. The fourth-order valence-electron chi connectivity index (χ4n) is 7.41. The van der Waals surface area contributed by atoms with Gasteiger partial charge in [-0.25, -0.2) is 4.79 Å². The summed E-state index contributed by atoms with van der Waals surface area (Å²) in [5, 5.41) is 11.3. The van der Waals surface area contributed by atoms with Crippen LogP contribution in [0.15, 0.2) is 11.6 Å². The number of hydrogen-bond acceptors (Lipinski definition) is 10. The average Bonchev–Trinajstić information content (AvgIpc) is 3.52. The Morgan fingerprint density at radius 3 is 2.44 bits per heavy atom. The Labute approximate surface area is 229 Å². The average molecular weight is 551 g/mol. The first-order valence-electron chi connectivity index (χ1n) is 14.0. The van der Waals surface area contributed by atoms with Crippen LogP contribution in [0.3, 0.4) is 0 Å². The van der Waals surface area contributed by atoms with Gasteiger partial charge in [0.2, 0.25) is 0 Å². The molecule has 0 amide bonds. The molecule has 0 bridgehead atoms. The molecule has 2 aliphatic heterocycles. The van der Waals surface area contributed by atoms with E-state index in [1.165, 1.54) is 19.9 Å². The van der Waals surface area contributed by atoms with Gasteiger partial charge in [0.15, 0.2) is 0 Å². The van der Waals surface area contributed by atoms with E-state index in [0.717, 1.165) is 0 Å². The second-order valence-electron chi connectivity index (χ2n) is 12.2. The molecule has 0 aromatic heterocycles. The summed E-state index contributed by atoms with van der Waals surface area (Å²) >= 11 is 0. The second kappa shape index (κ2) is 10.8. The normalized spacial score (nSPS) is 38.6. The zero-order valence-electron chi connectivity index (χ0n) is 23.8. The number of esters is 4. The smallest absolute Gasteiger partial charge is 0.331 e. The van der Waals surface area contributed by atoms with Crippen LogP contribution in [0.25, 0.3) is 0 Å². The maximum atomic E-state index is 13.1. The number of carbonyl (C=O) groups is 4. The molecule has 0 aromatic carbocycles. The third kappa shape index (κ3) is 5.22. The third-order valence-electron chi connectivity index (χ3n) is 9.93. The van der Waals surface area contributed by atoms with Crippen LogP contribution >= 0.6 is 0 Å². The predicted molar refractivity (Wildman–Crippen MR) is 137 cm³/mol. The van der Waals surface area contributed by atoms with Crippen LogP contribution in [0.2, 0.25) is 0 Å². The fourth-order valence-corrected chi connectivity index (χ4v) is 7.41. The van der Waals surface area contributed by atoms with Crippen LogP contribution in [0.4, 0.5) is 0 Å². The van der Waals surface area contributed by atoms with Crippen LogP contribution in [0.1, 0.15) is 73.6 Å². The van der Waals surface area contributed by atoms with Gasteiger partial charge in [0.05, 0.1) is 24.0 Å². The van der Waals surface area contributed by atoms with Crippen molar-refractivity contribution in [1.82, 2.24) is 0 Å². The summed E-state index contributed by atoms with van der Waals surface area (Å²) in [5.74, 6) is -2.66. The standard InChI is InChI=1S/C29H42O10/c1-7-16(2)26(34)39-22-8-9-28(14-37-28)29(15-36-18(4)30)23(38-19(5)31)10-17(3)27(6,25(22)29)12-21(32)20-11-24(33)35-13-20/h11,16-17,21-23,25,32H,7-10,12-15H2,1-6H3/t16-,17+,21-,22+,23-,25+,27-,28?,29+/m0/s1. The van der Waals surface area contributed by atoms with Crippen molar-refractivity contribution in [2.24, 2.45) is 28.6 Å². The fraction of sp³-hybridized carbons (Fsp3) is 0.793. The molecule has 1 saturated heterocycles. The molecule has 9 atom stereocenters. The van der Waals surface area contributed by atoms with Crippen LogP contribution in [-0.4, -0.2) is 72.7 Å². The van der Waals surface area contributed by atoms with E-state index >= 15 is 0 Å². The molecular formula is C29H42O10. The van der Waals surface area contributed by atoms with Crippen molar-refractivity contribution >= 4 is 23.9 Å². The van der Waals surface area contributed by atoms with E-state index in [2.05, 4.69) is 0 Å². The quantitative estimate of drug-likeness (QED) is 0.259. The van der Waals surface area contributed by atoms with Gasteiger partial charge in [0.1, 0.15) is 31.0 Å². The maximum absolute atomic E-state index is 13.1. The highest BCUT2D eigenvalue weighted by Crippen LogP contribution is 2.69. The number of ether oxygens (including phenoxy) is 5. The molecule has 218 valence electrons. The summed E-state index contributed by atoms with van der Waals surface area (Å²) in [5.41, 5.74) is -1.95. The molecule has 4 rings (SSSR count). The summed E-state index contributed by atoms with van der Waals surface area (Å²) in [7, 11) is 0. The number of fused-ring (bicyclic) bond motifs is 2. The number of epoxide rings is 1. The predicted octanol–water partition coefficient (Wildman–Crippen LogP) is 2.88. The van der Waals surface area contributed by atoms with E-state index in [4.69, 9.17) is 23.7 Å². The molecule has 2 aliphatic carbocycles. The first kappa shape index (κ1) is 29.5. The van der Waals surface area contributed by atoms with Crippen molar-refractivity contribution in [1.29, 1.82) is 0 Å². The molecule has 2 heterocycles. The first-order chi connectivity index (χ1) is 18.3. The van der Waals surface area contributed by atoms with Crippen molar-refractivity contribution < 1.29 is 48.0 Å². The first-order valence-corrected chi connectivity index (χ1v) is 14.0. The van der Waals surface area contributed by atoms with Crippen LogP contribution in [0.5, 0.6) is 0 Å². The summed E-state index contributed by atoms with van der Waals surface area (Å²) in [6.45, 7) is 10.8. The molecule has 10 heteroatoms. The summed E-state index contributed by atoms with van der Waals surface area (Å²) in [4.78, 5) is 49.4. The zero-order valence-corrected chi connectivity index (χ0v) is 23.8. The highest BCUT2D eigenvalue weighted by Gasteiger charge is 2.77. The molecule has 4 aliphatic rings. The summed E-state index contributed by atoms with van der Waals surface area (Å²) in [6.07, 6.45) is 1.44. The second-order valence-corrected chi connectivity index (χ2v) is 12.2. The van der Waals surface area contributed by atoms with Gasteiger partial charge in [-0.3, -0.25) is 14.4 Å². The van der Waals surface area contributed by atoms with Crippen molar-refractivity contribution in [2.75, 3.05) is 19.8 Å². The van der Waals surface area contributed by atoms with Gasteiger partial charge in [-0.15, -0.1) is 0 Å². The molecule has 0 radical (unpaired) electrons. The van der Waals surface area contributed by atoms with Gasteiger partial charge in [-0.05, 0) is 43.4 Å². The van der Waals surface area contributed by atoms with E-state index < -0.39 is 58.6 Å². The molecular weight excluding hydrogens is 508 g/mol. The van der Waals surface area contributed by atoms with Crippen LogP contribution in [0, 0.1) is 28.6 Å². The lowest BCUT2D eigenvalue weighted by Gasteiger charge is -2.64. The summed E-state index contributed by atoms with van der Waals surface area (Å²) < 4.78 is 29.1. The topological polar surface area (TPSA) is 138 Å². The van der Waals surface area contributed by atoms with Gasteiger partial charge in [0.25, 0.3) is 0 Å². The van der Waals surface area contributed by atoms with Crippen molar-refractivity contribution in [3.05, 3.63) is 11.6 Å². The minimum atomic E-state index is -1.01. The van der Waals surface area contributed by atoms with Gasteiger partial charge >= 0.3 is 23.9 Å². The van der Waals surface area contributed by atoms with E-state index in [-0.39, 0.29) is 37.4 Å². The molecule has 0 aromatic rings. The number of carbonyl (C=O) groups excluding carboxylic acids is 4. The Hall–Kier alpha value is -2.46. The lowest BCUT2D eigenvalue weighted by Crippen LogP contribution is -2.71. The molecule has 10 nitrogen and oxygen atoms in total. The Bertz CT molecular complexity index is 1030.